The van der Waals surface area contributed by atoms with Gasteiger partial charge in [-0.2, -0.15) is 10.3 Å². The van der Waals surface area contributed by atoms with Crippen LogP contribution in [0.2, 0.25) is 0 Å². The fourth-order valence-electron chi connectivity index (χ4n) is 1.75. The van der Waals surface area contributed by atoms with E-state index < -0.39 is 4.92 Å². The van der Waals surface area contributed by atoms with E-state index in [0.717, 1.165) is 0 Å². The van der Waals surface area contributed by atoms with Crippen LogP contribution < -0.4 is 5.43 Å². The SMILES string of the molecule is O=[N+]([O-])c1ccc(-c2ccc(/C=N\Nc3nn[nH]n3)o2)c(Br)c1. The highest BCUT2D eigenvalue weighted by atomic mass is 79.9. The van der Waals surface area contributed by atoms with Gasteiger partial charge in [-0.1, -0.05) is 5.10 Å². The van der Waals surface area contributed by atoms with Crippen LogP contribution in [-0.2, 0) is 0 Å². The Kier molecular flexibility index (Phi) is 4.10. The number of non-ortho nitro benzene ring substituents is 1. The number of tetrazole rings is 1. The highest BCUT2D eigenvalue weighted by Gasteiger charge is 2.12. The van der Waals surface area contributed by atoms with Gasteiger partial charge in [-0.05, 0) is 39.3 Å². The molecular formula is C12H8BrN7O3. The van der Waals surface area contributed by atoms with Crippen LogP contribution in [0.5, 0.6) is 0 Å². The Morgan fingerprint density at radius 3 is 2.96 bits per heavy atom. The maximum absolute atomic E-state index is 10.7. The van der Waals surface area contributed by atoms with Gasteiger partial charge in [0.25, 0.3) is 11.6 Å². The topological polar surface area (TPSA) is 135 Å². The average Bonchev–Trinajstić information content (AvgIpc) is 3.19. The number of nitrogens with one attached hydrogen (secondary N) is 2. The van der Waals surface area contributed by atoms with Gasteiger partial charge in [0.15, 0.2) is 0 Å². The first-order chi connectivity index (χ1) is 11.1. The first kappa shape index (κ1) is 14.8. The third-order valence-corrected chi connectivity index (χ3v) is 3.41. The molecule has 2 heterocycles. The highest BCUT2D eigenvalue weighted by molar-refractivity contribution is 9.10. The van der Waals surface area contributed by atoms with Crippen molar-refractivity contribution in [1.82, 2.24) is 20.6 Å². The summed E-state index contributed by atoms with van der Waals surface area (Å²) in [6, 6.07) is 7.89. The number of benzene rings is 1. The molecule has 2 N–H and O–H groups in total. The van der Waals surface area contributed by atoms with Gasteiger partial charge >= 0.3 is 0 Å². The molecule has 11 heteroatoms. The fraction of sp³-hybridized carbons (Fsp3) is 0. The van der Waals surface area contributed by atoms with Gasteiger partial charge in [0.2, 0.25) is 0 Å². The summed E-state index contributed by atoms with van der Waals surface area (Å²) in [6.45, 7) is 0. The second-order valence-electron chi connectivity index (χ2n) is 4.23. The van der Waals surface area contributed by atoms with Crippen LogP contribution in [0.25, 0.3) is 11.3 Å². The van der Waals surface area contributed by atoms with Gasteiger partial charge in [0.05, 0.1) is 11.1 Å². The molecule has 0 spiro atoms. The molecule has 2 aromatic heterocycles. The van der Waals surface area contributed by atoms with Gasteiger partial charge < -0.3 is 4.42 Å². The smallest absolute Gasteiger partial charge is 0.283 e. The summed E-state index contributed by atoms with van der Waals surface area (Å²) >= 11 is 3.30. The number of H-pyrrole nitrogens is 1. The summed E-state index contributed by atoms with van der Waals surface area (Å²) in [6.07, 6.45) is 1.44. The zero-order valence-electron chi connectivity index (χ0n) is 11.3. The van der Waals surface area contributed by atoms with E-state index >= 15 is 0 Å². The van der Waals surface area contributed by atoms with Crippen LogP contribution in [0.3, 0.4) is 0 Å². The van der Waals surface area contributed by atoms with E-state index in [4.69, 9.17) is 4.42 Å². The van der Waals surface area contributed by atoms with Crippen molar-refractivity contribution in [2.45, 2.75) is 0 Å². The maximum Gasteiger partial charge on any atom is 0.283 e. The lowest BCUT2D eigenvalue weighted by Gasteiger charge is -2.00. The summed E-state index contributed by atoms with van der Waals surface area (Å²) < 4.78 is 6.18. The van der Waals surface area contributed by atoms with Crippen molar-refractivity contribution < 1.29 is 9.34 Å². The van der Waals surface area contributed by atoms with E-state index in [2.05, 4.69) is 47.1 Å². The van der Waals surface area contributed by atoms with Gasteiger partial charge in [0.1, 0.15) is 11.5 Å². The number of nitro benzene ring substituents is 1. The van der Waals surface area contributed by atoms with Crippen molar-refractivity contribution in [2.24, 2.45) is 5.10 Å². The molecule has 0 saturated heterocycles. The average molecular weight is 378 g/mol. The second-order valence-corrected chi connectivity index (χ2v) is 5.08. The number of aromatic amines is 1. The number of rotatable bonds is 5. The first-order valence-corrected chi connectivity index (χ1v) is 6.99. The minimum Gasteiger partial charge on any atom is -0.455 e. The molecule has 0 aliphatic rings. The summed E-state index contributed by atoms with van der Waals surface area (Å²) in [4.78, 5) is 10.3. The molecule has 0 saturated carbocycles. The minimum atomic E-state index is -0.460. The molecule has 1 aromatic carbocycles. The number of nitro groups is 1. The Balaban J connectivity index is 1.76. The van der Waals surface area contributed by atoms with Crippen LogP contribution in [0.4, 0.5) is 11.6 Å². The molecule has 0 fully saturated rings. The van der Waals surface area contributed by atoms with Crippen molar-refractivity contribution >= 4 is 33.8 Å². The third-order valence-electron chi connectivity index (χ3n) is 2.76. The number of aromatic nitrogens is 4. The molecule has 3 rings (SSSR count). The molecule has 0 bridgehead atoms. The number of anilines is 1. The van der Waals surface area contributed by atoms with E-state index in [-0.39, 0.29) is 11.6 Å². The van der Waals surface area contributed by atoms with Crippen molar-refractivity contribution in [3.8, 4) is 11.3 Å². The standard InChI is InChI=1S/C12H8BrN7O3/c13-10-5-7(20(21)22)1-3-9(10)11-4-2-8(23-11)6-14-15-12-16-18-19-17-12/h1-6H,(H2,15,16,17,18,19)/b14-6-. The van der Waals surface area contributed by atoms with Crippen LogP contribution >= 0.6 is 15.9 Å². The zero-order valence-corrected chi connectivity index (χ0v) is 12.9. The molecular weight excluding hydrogens is 370 g/mol. The number of furan rings is 1. The predicted molar refractivity (Wildman–Crippen MR) is 83.9 cm³/mol. The van der Waals surface area contributed by atoms with Crippen LogP contribution in [0.15, 0.2) is 44.3 Å². The number of hydrazone groups is 1. The van der Waals surface area contributed by atoms with Gasteiger partial charge in [-0.25, -0.2) is 5.43 Å². The van der Waals surface area contributed by atoms with Gasteiger partial charge in [0, 0.05) is 22.2 Å². The number of nitrogens with zero attached hydrogens (tertiary/aromatic N) is 5. The molecule has 23 heavy (non-hydrogen) atoms. The van der Waals surface area contributed by atoms with Crippen molar-refractivity contribution in [3.05, 3.63) is 50.7 Å². The lowest BCUT2D eigenvalue weighted by molar-refractivity contribution is -0.384. The number of hydrogen-bond donors (Lipinski definition) is 2. The molecule has 0 atom stereocenters. The Hall–Kier alpha value is -3.08. The summed E-state index contributed by atoms with van der Waals surface area (Å²) in [5, 5.41) is 27.6. The molecule has 0 amide bonds. The molecule has 0 aliphatic heterocycles. The first-order valence-electron chi connectivity index (χ1n) is 6.20. The zero-order chi connectivity index (χ0) is 16.2. The van der Waals surface area contributed by atoms with E-state index in [1.807, 2.05) is 0 Å². The van der Waals surface area contributed by atoms with Crippen molar-refractivity contribution in [2.75, 3.05) is 5.43 Å². The number of halogens is 1. The van der Waals surface area contributed by atoms with Crippen LogP contribution in [0.1, 0.15) is 5.76 Å². The van der Waals surface area contributed by atoms with Gasteiger partial charge in [-0.3, -0.25) is 10.1 Å². The second kappa shape index (κ2) is 6.36. The van der Waals surface area contributed by atoms with E-state index in [0.29, 0.717) is 21.6 Å². The molecule has 0 aliphatic carbocycles. The van der Waals surface area contributed by atoms with Crippen LogP contribution in [-0.4, -0.2) is 31.8 Å². The Morgan fingerprint density at radius 1 is 1.39 bits per heavy atom. The molecule has 3 aromatic rings. The highest BCUT2D eigenvalue weighted by Crippen LogP contribution is 2.32. The van der Waals surface area contributed by atoms with Crippen molar-refractivity contribution in [1.29, 1.82) is 0 Å². The van der Waals surface area contributed by atoms with E-state index in [1.165, 1.54) is 18.3 Å². The fourth-order valence-corrected chi connectivity index (χ4v) is 2.31. The van der Waals surface area contributed by atoms with E-state index in [1.54, 1.807) is 18.2 Å². The lowest BCUT2D eigenvalue weighted by Crippen LogP contribution is -1.91. The molecule has 116 valence electrons. The summed E-state index contributed by atoms with van der Waals surface area (Å²) in [5.41, 5.74) is 3.26. The van der Waals surface area contributed by atoms with Crippen LogP contribution in [0, 0.1) is 10.1 Å². The number of hydrogen-bond acceptors (Lipinski definition) is 8. The summed E-state index contributed by atoms with van der Waals surface area (Å²) in [5.74, 6) is 1.26. The third kappa shape index (κ3) is 3.40. The normalized spacial score (nSPS) is 11.0. The summed E-state index contributed by atoms with van der Waals surface area (Å²) in [7, 11) is 0. The van der Waals surface area contributed by atoms with E-state index in [9.17, 15) is 10.1 Å². The Morgan fingerprint density at radius 2 is 2.26 bits per heavy atom. The largest absolute Gasteiger partial charge is 0.455 e. The maximum atomic E-state index is 10.7. The molecule has 0 unspecified atom stereocenters. The quantitative estimate of drug-likeness (QED) is 0.396. The lowest BCUT2D eigenvalue weighted by atomic mass is 10.1. The Bertz CT molecular complexity index is 859. The monoisotopic (exact) mass is 377 g/mol. The molecule has 10 nitrogen and oxygen atoms in total. The minimum absolute atomic E-state index is 0.00159. The Labute approximate surface area is 136 Å². The molecule has 0 radical (unpaired) electrons. The predicted octanol–water partition coefficient (Wildman–Crippen LogP) is 2.58. The van der Waals surface area contributed by atoms with Gasteiger partial charge in [-0.15, -0.1) is 5.10 Å². The van der Waals surface area contributed by atoms with Crippen molar-refractivity contribution in [3.63, 3.8) is 0 Å².